The second-order valence-electron chi connectivity index (χ2n) is 7.32. The summed E-state index contributed by atoms with van der Waals surface area (Å²) in [5.74, 6) is 2.60. The summed E-state index contributed by atoms with van der Waals surface area (Å²) in [5.41, 5.74) is 4.08. The summed E-state index contributed by atoms with van der Waals surface area (Å²) < 4.78 is 1.03. The molecule has 0 saturated heterocycles. The van der Waals surface area contributed by atoms with Crippen LogP contribution in [0.25, 0.3) is 49.7 Å². The van der Waals surface area contributed by atoms with Crippen molar-refractivity contribution >= 4 is 54.3 Å². The smallest absolute Gasteiger partial charge is 0.0794 e. The average molecular weight is 448 g/mol. The second kappa shape index (κ2) is 7.44. The summed E-state index contributed by atoms with van der Waals surface area (Å²) in [6.45, 7) is 2.14. The number of hydrogen-bond donors (Lipinski definition) is 0. The molecule has 0 aliphatic heterocycles. The van der Waals surface area contributed by atoms with E-state index in [2.05, 4.69) is 89.4 Å². The minimum atomic E-state index is 0.899. The Morgan fingerprint density at radius 1 is 0.833 bits per heavy atom. The largest absolute Gasteiger partial charge is 0.247 e. The van der Waals surface area contributed by atoms with Crippen LogP contribution >= 0.6 is 15.9 Å². The molecule has 0 N–H and O–H groups in total. The fourth-order valence-corrected chi connectivity index (χ4v) is 4.70. The van der Waals surface area contributed by atoms with E-state index in [0.29, 0.717) is 0 Å². The minimum absolute atomic E-state index is 0.899. The summed E-state index contributed by atoms with van der Waals surface area (Å²) in [7, 11) is 0. The van der Waals surface area contributed by atoms with Gasteiger partial charge in [0.2, 0.25) is 0 Å². The predicted molar refractivity (Wildman–Crippen MR) is 132 cm³/mol. The van der Waals surface area contributed by atoms with E-state index in [-0.39, 0.29) is 0 Å². The summed E-state index contributed by atoms with van der Waals surface area (Å²) in [5, 5.41) is 7.34. The van der Waals surface area contributed by atoms with E-state index < -0.39 is 0 Å². The maximum atomic E-state index is 5.50. The summed E-state index contributed by atoms with van der Waals surface area (Å²) in [6, 6.07) is 25.5. The number of aryl methyl sites for hydroxylation is 1. The SMILES string of the molecule is C#C/C=C\c1nc(-c2cccc(Br)c2)c2c3ccccc3c3ccccc3c2c1C. The Labute approximate surface area is 184 Å². The van der Waals surface area contributed by atoms with Crippen molar-refractivity contribution in [1.29, 1.82) is 0 Å². The molecule has 30 heavy (non-hydrogen) atoms. The molecule has 0 saturated carbocycles. The van der Waals surface area contributed by atoms with Gasteiger partial charge in [0.15, 0.2) is 0 Å². The Hall–Kier alpha value is -3.41. The number of aromatic nitrogens is 1. The fourth-order valence-electron chi connectivity index (χ4n) is 4.30. The van der Waals surface area contributed by atoms with Crippen molar-refractivity contribution in [2.45, 2.75) is 6.92 Å². The average Bonchev–Trinajstić information content (AvgIpc) is 2.78. The monoisotopic (exact) mass is 447 g/mol. The van der Waals surface area contributed by atoms with E-state index in [9.17, 15) is 0 Å². The molecule has 0 aliphatic carbocycles. The van der Waals surface area contributed by atoms with Crippen LogP contribution in [0.3, 0.4) is 0 Å². The van der Waals surface area contributed by atoms with E-state index in [1.54, 1.807) is 6.08 Å². The molecule has 0 fully saturated rings. The Balaban J connectivity index is 2.10. The van der Waals surface area contributed by atoms with Crippen LogP contribution in [-0.2, 0) is 0 Å². The lowest BCUT2D eigenvalue weighted by Crippen LogP contribution is -1.97. The zero-order chi connectivity index (χ0) is 20.7. The third kappa shape index (κ3) is 2.91. The van der Waals surface area contributed by atoms with Crippen LogP contribution in [0.5, 0.6) is 0 Å². The van der Waals surface area contributed by atoms with Crippen LogP contribution in [0.4, 0.5) is 0 Å². The number of halogens is 1. The van der Waals surface area contributed by atoms with Gasteiger partial charge in [-0.05, 0) is 63.7 Å². The maximum absolute atomic E-state index is 5.50. The molecule has 0 bridgehead atoms. The number of pyridine rings is 1. The maximum Gasteiger partial charge on any atom is 0.0794 e. The normalized spacial score (nSPS) is 11.5. The Morgan fingerprint density at radius 3 is 2.10 bits per heavy atom. The first-order valence-electron chi connectivity index (χ1n) is 9.81. The highest BCUT2D eigenvalue weighted by Crippen LogP contribution is 2.42. The molecule has 0 atom stereocenters. The zero-order valence-corrected chi connectivity index (χ0v) is 18.1. The van der Waals surface area contributed by atoms with Crippen molar-refractivity contribution in [3.8, 4) is 23.6 Å². The molecule has 5 rings (SSSR count). The van der Waals surface area contributed by atoms with Gasteiger partial charge >= 0.3 is 0 Å². The first-order valence-corrected chi connectivity index (χ1v) is 10.6. The number of fused-ring (bicyclic) bond motifs is 6. The Morgan fingerprint density at radius 2 is 1.47 bits per heavy atom. The van der Waals surface area contributed by atoms with Gasteiger partial charge < -0.3 is 0 Å². The van der Waals surface area contributed by atoms with Crippen LogP contribution in [0, 0.1) is 19.3 Å². The van der Waals surface area contributed by atoms with Gasteiger partial charge in [0.25, 0.3) is 0 Å². The van der Waals surface area contributed by atoms with Crippen LogP contribution in [0.2, 0.25) is 0 Å². The number of hydrogen-bond acceptors (Lipinski definition) is 1. The van der Waals surface area contributed by atoms with Crippen LogP contribution in [0.1, 0.15) is 11.3 Å². The number of terminal acetylenes is 1. The summed E-state index contributed by atoms with van der Waals surface area (Å²) in [6.07, 6.45) is 9.15. The number of nitrogens with zero attached hydrogens (tertiary/aromatic N) is 1. The lowest BCUT2D eigenvalue weighted by atomic mass is 9.89. The molecule has 5 aromatic rings. The lowest BCUT2D eigenvalue weighted by molar-refractivity contribution is 1.28. The van der Waals surface area contributed by atoms with Crippen molar-refractivity contribution in [2.75, 3.05) is 0 Å². The molecule has 0 radical (unpaired) electrons. The van der Waals surface area contributed by atoms with Crippen molar-refractivity contribution in [3.63, 3.8) is 0 Å². The highest BCUT2D eigenvalue weighted by Gasteiger charge is 2.18. The quantitative estimate of drug-likeness (QED) is 0.197. The summed E-state index contributed by atoms with van der Waals surface area (Å²) >= 11 is 3.62. The molecule has 0 amide bonds. The van der Waals surface area contributed by atoms with E-state index >= 15 is 0 Å². The van der Waals surface area contributed by atoms with Crippen LogP contribution in [-0.4, -0.2) is 4.98 Å². The highest BCUT2D eigenvalue weighted by atomic mass is 79.9. The molecule has 142 valence electrons. The van der Waals surface area contributed by atoms with Gasteiger partial charge in [0, 0.05) is 15.4 Å². The topological polar surface area (TPSA) is 12.9 Å². The van der Waals surface area contributed by atoms with Crippen molar-refractivity contribution in [1.82, 2.24) is 4.98 Å². The van der Waals surface area contributed by atoms with Gasteiger partial charge in [0.05, 0.1) is 11.4 Å². The first kappa shape index (κ1) is 18.6. The lowest BCUT2D eigenvalue weighted by Gasteiger charge is -2.17. The summed E-state index contributed by atoms with van der Waals surface area (Å²) in [4.78, 5) is 5.10. The van der Waals surface area contributed by atoms with Gasteiger partial charge in [0.1, 0.15) is 0 Å². The molecule has 1 aromatic heterocycles. The van der Waals surface area contributed by atoms with Crippen LogP contribution in [0.15, 0.2) is 83.3 Å². The standard InChI is InChI=1S/C28H18BrN/c1-3-4-16-25-18(2)26-23-14-7-5-12-21(23)22-13-6-8-15-24(22)27(26)28(30-25)19-10-9-11-20(29)17-19/h1,4-17H,2H3/b16-4-. The first-order chi connectivity index (χ1) is 14.7. The molecule has 2 heteroatoms. The third-order valence-electron chi connectivity index (χ3n) is 5.60. The molecular weight excluding hydrogens is 430 g/mol. The van der Waals surface area contributed by atoms with E-state index in [4.69, 9.17) is 11.4 Å². The molecular formula is C28H18BrN. The second-order valence-corrected chi connectivity index (χ2v) is 8.24. The predicted octanol–water partition coefficient (Wildman–Crippen LogP) is 7.93. The van der Waals surface area contributed by atoms with Crippen molar-refractivity contribution < 1.29 is 0 Å². The number of rotatable bonds is 2. The molecule has 0 aliphatic rings. The van der Waals surface area contributed by atoms with Gasteiger partial charge in [-0.2, -0.15) is 0 Å². The Bertz CT molecular complexity index is 1520. The van der Waals surface area contributed by atoms with Gasteiger partial charge in [-0.1, -0.05) is 82.5 Å². The highest BCUT2D eigenvalue weighted by molar-refractivity contribution is 9.10. The van der Waals surface area contributed by atoms with Gasteiger partial charge in [-0.15, -0.1) is 6.42 Å². The van der Waals surface area contributed by atoms with Crippen molar-refractivity contribution in [3.05, 3.63) is 94.6 Å². The molecule has 4 aromatic carbocycles. The molecule has 1 heterocycles. The Kier molecular flexibility index (Phi) is 4.62. The molecule has 0 unspecified atom stereocenters. The third-order valence-corrected chi connectivity index (χ3v) is 6.09. The number of allylic oxidation sites excluding steroid dienone is 1. The minimum Gasteiger partial charge on any atom is -0.247 e. The number of benzene rings is 4. The van der Waals surface area contributed by atoms with Crippen molar-refractivity contribution in [2.24, 2.45) is 0 Å². The van der Waals surface area contributed by atoms with E-state index in [1.165, 1.54) is 32.3 Å². The fraction of sp³-hybridized carbons (Fsp3) is 0.0357. The van der Waals surface area contributed by atoms with Gasteiger partial charge in [-0.3, -0.25) is 0 Å². The molecule has 1 nitrogen and oxygen atoms in total. The van der Waals surface area contributed by atoms with E-state index in [0.717, 1.165) is 27.0 Å². The zero-order valence-electron chi connectivity index (χ0n) is 16.5. The van der Waals surface area contributed by atoms with E-state index in [1.807, 2.05) is 18.2 Å². The molecule has 0 spiro atoms. The van der Waals surface area contributed by atoms with Crippen LogP contribution < -0.4 is 0 Å². The van der Waals surface area contributed by atoms with Gasteiger partial charge in [-0.25, -0.2) is 4.98 Å².